The van der Waals surface area contributed by atoms with E-state index in [2.05, 4.69) is 20.9 Å². The van der Waals surface area contributed by atoms with Crippen LogP contribution in [0.3, 0.4) is 0 Å². The van der Waals surface area contributed by atoms with E-state index in [4.69, 9.17) is 9.47 Å². The molecule has 1 heterocycles. The summed E-state index contributed by atoms with van der Waals surface area (Å²) in [5.74, 6) is -0.119. The summed E-state index contributed by atoms with van der Waals surface area (Å²) in [5, 5.41) is 0. The number of halogens is 1. The Morgan fingerprint density at radius 3 is 2.74 bits per heavy atom. The first kappa shape index (κ1) is 17.2. The molecule has 0 radical (unpaired) electrons. The van der Waals surface area contributed by atoms with Gasteiger partial charge >= 0.3 is 5.97 Å². The van der Waals surface area contributed by atoms with E-state index in [1.807, 2.05) is 30.3 Å². The Kier molecular flexibility index (Phi) is 6.34. The molecule has 1 aromatic heterocycles. The molecule has 0 atom stereocenters. The van der Waals surface area contributed by atoms with E-state index in [0.717, 1.165) is 5.56 Å². The number of esters is 1. The van der Waals surface area contributed by atoms with E-state index < -0.39 is 0 Å². The van der Waals surface area contributed by atoms with Crippen LogP contribution in [-0.2, 0) is 22.7 Å². The van der Waals surface area contributed by atoms with Gasteiger partial charge in [0.05, 0.1) is 13.0 Å². The highest BCUT2D eigenvalue weighted by Crippen LogP contribution is 2.18. The molecule has 0 bridgehead atoms. The molecule has 1 aromatic carbocycles. The SMILES string of the molecule is CCOC(=O)CCn1cnc(OCc2ccccc2)c(Br)c1=O. The molecule has 0 spiro atoms. The number of aromatic nitrogens is 2. The maximum atomic E-state index is 12.2. The largest absolute Gasteiger partial charge is 0.472 e. The Balaban J connectivity index is 2.02. The zero-order valence-corrected chi connectivity index (χ0v) is 14.3. The molecule has 0 aliphatic heterocycles. The van der Waals surface area contributed by atoms with Gasteiger partial charge in [0.25, 0.3) is 5.56 Å². The number of aryl methyl sites for hydroxylation is 1. The Labute approximate surface area is 142 Å². The lowest BCUT2D eigenvalue weighted by molar-refractivity contribution is -0.143. The molecule has 0 unspecified atom stereocenters. The van der Waals surface area contributed by atoms with Crippen molar-refractivity contribution in [3.8, 4) is 5.88 Å². The number of ether oxygens (including phenoxy) is 2. The Bertz CT molecular complexity index is 716. The first-order valence-corrected chi connectivity index (χ1v) is 7.98. The van der Waals surface area contributed by atoms with Crippen LogP contribution in [-0.4, -0.2) is 22.1 Å². The van der Waals surface area contributed by atoms with E-state index in [-0.39, 0.29) is 34.8 Å². The first-order chi connectivity index (χ1) is 11.1. The van der Waals surface area contributed by atoms with Crippen molar-refractivity contribution in [2.75, 3.05) is 6.61 Å². The molecule has 0 fully saturated rings. The average molecular weight is 381 g/mol. The van der Waals surface area contributed by atoms with Gasteiger partial charge in [0.2, 0.25) is 5.88 Å². The van der Waals surface area contributed by atoms with Gasteiger partial charge in [-0.15, -0.1) is 0 Å². The quantitative estimate of drug-likeness (QED) is 0.690. The molecule has 122 valence electrons. The second kappa shape index (κ2) is 8.47. The summed E-state index contributed by atoms with van der Waals surface area (Å²) < 4.78 is 12.0. The molecule has 23 heavy (non-hydrogen) atoms. The molecule has 0 saturated heterocycles. The number of carbonyl (C=O) groups excluding carboxylic acids is 1. The van der Waals surface area contributed by atoms with Crippen LogP contribution in [0, 0.1) is 0 Å². The Hall–Kier alpha value is -2.15. The van der Waals surface area contributed by atoms with Gasteiger partial charge in [-0.1, -0.05) is 30.3 Å². The molecular formula is C16H17BrN2O4. The third kappa shape index (κ3) is 4.92. The molecule has 0 N–H and O–H groups in total. The lowest BCUT2D eigenvalue weighted by Gasteiger charge is -2.10. The minimum atomic E-state index is -0.347. The third-order valence-corrected chi connectivity index (χ3v) is 3.71. The van der Waals surface area contributed by atoms with Crippen molar-refractivity contribution in [2.24, 2.45) is 0 Å². The molecule has 2 aromatic rings. The molecule has 0 amide bonds. The molecule has 2 rings (SSSR count). The summed E-state index contributed by atoms with van der Waals surface area (Å²) in [6, 6.07) is 9.59. The number of hydrogen-bond acceptors (Lipinski definition) is 5. The van der Waals surface area contributed by atoms with Crippen molar-refractivity contribution >= 4 is 21.9 Å². The van der Waals surface area contributed by atoms with Crippen molar-refractivity contribution in [3.63, 3.8) is 0 Å². The van der Waals surface area contributed by atoms with Gasteiger partial charge in [-0.05, 0) is 28.4 Å². The highest BCUT2D eigenvalue weighted by Gasteiger charge is 2.12. The number of rotatable bonds is 7. The summed E-state index contributed by atoms with van der Waals surface area (Å²) in [5.41, 5.74) is 0.681. The first-order valence-electron chi connectivity index (χ1n) is 7.19. The predicted octanol–water partition coefficient (Wildman–Crippen LogP) is 2.54. The zero-order valence-electron chi connectivity index (χ0n) is 12.7. The number of hydrogen-bond donors (Lipinski definition) is 0. The van der Waals surface area contributed by atoms with Crippen molar-refractivity contribution < 1.29 is 14.3 Å². The smallest absolute Gasteiger partial charge is 0.307 e. The molecule has 7 heteroatoms. The van der Waals surface area contributed by atoms with Gasteiger partial charge in [-0.25, -0.2) is 4.98 Å². The van der Waals surface area contributed by atoms with Gasteiger partial charge in [0.1, 0.15) is 17.4 Å². The van der Waals surface area contributed by atoms with Crippen molar-refractivity contribution in [1.29, 1.82) is 0 Å². The lowest BCUT2D eigenvalue weighted by atomic mass is 10.2. The van der Waals surface area contributed by atoms with Gasteiger partial charge in [0.15, 0.2) is 0 Å². The van der Waals surface area contributed by atoms with E-state index in [1.165, 1.54) is 10.9 Å². The van der Waals surface area contributed by atoms with Crippen LogP contribution < -0.4 is 10.3 Å². The Morgan fingerprint density at radius 2 is 2.04 bits per heavy atom. The second-order valence-electron chi connectivity index (χ2n) is 4.69. The van der Waals surface area contributed by atoms with E-state index in [9.17, 15) is 9.59 Å². The van der Waals surface area contributed by atoms with Crippen LogP contribution >= 0.6 is 15.9 Å². The van der Waals surface area contributed by atoms with Crippen LogP contribution in [0.2, 0.25) is 0 Å². The fourth-order valence-electron chi connectivity index (χ4n) is 1.88. The minimum Gasteiger partial charge on any atom is -0.472 e. The van der Waals surface area contributed by atoms with Crippen LogP contribution in [0.5, 0.6) is 5.88 Å². The Morgan fingerprint density at radius 1 is 1.30 bits per heavy atom. The van der Waals surface area contributed by atoms with Crippen LogP contribution in [0.4, 0.5) is 0 Å². The van der Waals surface area contributed by atoms with Crippen molar-refractivity contribution in [2.45, 2.75) is 26.5 Å². The third-order valence-electron chi connectivity index (χ3n) is 3.03. The fourth-order valence-corrected chi connectivity index (χ4v) is 2.32. The number of carbonyl (C=O) groups is 1. The van der Waals surface area contributed by atoms with Gasteiger partial charge in [-0.2, -0.15) is 0 Å². The zero-order chi connectivity index (χ0) is 16.7. The van der Waals surface area contributed by atoms with E-state index >= 15 is 0 Å². The normalized spacial score (nSPS) is 10.3. The molecular weight excluding hydrogens is 364 g/mol. The van der Waals surface area contributed by atoms with Gasteiger partial charge < -0.3 is 9.47 Å². The predicted molar refractivity (Wildman–Crippen MR) is 88.2 cm³/mol. The highest BCUT2D eigenvalue weighted by molar-refractivity contribution is 9.10. The summed E-state index contributed by atoms with van der Waals surface area (Å²) in [4.78, 5) is 27.7. The topological polar surface area (TPSA) is 70.4 Å². The lowest BCUT2D eigenvalue weighted by Crippen LogP contribution is -2.23. The molecule has 0 saturated carbocycles. The van der Waals surface area contributed by atoms with Crippen molar-refractivity contribution in [3.05, 3.63) is 57.0 Å². The maximum Gasteiger partial charge on any atom is 0.307 e. The number of benzene rings is 1. The summed E-state index contributed by atoms with van der Waals surface area (Å²) >= 11 is 3.21. The van der Waals surface area contributed by atoms with E-state index in [1.54, 1.807) is 6.92 Å². The number of nitrogens with zero attached hydrogens (tertiary/aromatic N) is 2. The molecule has 0 aliphatic rings. The molecule has 6 nitrogen and oxygen atoms in total. The second-order valence-corrected chi connectivity index (χ2v) is 5.48. The summed E-state index contributed by atoms with van der Waals surface area (Å²) in [6.45, 7) is 2.59. The van der Waals surface area contributed by atoms with Crippen LogP contribution in [0.15, 0.2) is 45.9 Å². The van der Waals surface area contributed by atoms with Crippen LogP contribution in [0.25, 0.3) is 0 Å². The summed E-state index contributed by atoms with van der Waals surface area (Å²) in [6.07, 6.45) is 1.48. The van der Waals surface area contributed by atoms with Crippen molar-refractivity contribution in [1.82, 2.24) is 9.55 Å². The fraction of sp³-hybridized carbons (Fsp3) is 0.312. The molecule has 0 aliphatic carbocycles. The standard InChI is InChI=1S/C16H17BrN2O4/c1-2-22-13(20)8-9-19-11-18-15(14(17)16(19)21)23-10-12-6-4-3-5-7-12/h3-7,11H,2,8-10H2,1H3. The average Bonchev–Trinajstić information content (AvgIpc) is 2.56. The van der Waals surface area contributed by atoms with E-state index in [0.29, 0.717) is 13.2 Å². The highest BCUT2D eigenvalue weighted by atomic mass is 79.9. The summed E-state index contributed by atoms with van der Waals surface area (Å²) in [7, 11) is 0. The monoisotopic (exact) mass is 380 g/mol. The minimum absolute atomic E-state index is 0.117. The maximum absolute atomic E-state index is 12.2. The van der Waals surface area contributed by atoms with Gasteiger partial charge in [0, 0.05) is 6.54 Å². The van der Waals surface area contributed by atoms with Gasteiger partial charge in [-0.3, -0.25) is 14.2 Å². The van der Waals surface area contributed by atoms with Crippen LogP contribution in [0.1, 0.15) is 18.9 Å².